The molecule has 1 heterocycles. The number of methoxy groups -OCH3 is 3. The average Bonchev–Trinajstić information content (AvgIpc) is 2.39. The molecule has 0 saturated carbocycles. The van der Waals surface area contributed by atoms with Gasteiger partial charge in [0.1, 0.15) is 25.9 Å². The van der Waals surface area contributed by atoms with Crippen LogP contribution in [0.15, 0.2) is 12.2 Å². The predicted octanol–water partition coefficient (Wildman–Crippen LogP) is 0.537. The fourth-order valence-corrected chi connectivity index (χ4v) is 2.30. The SMILES string of the molecule is C=C(COC(C)(C)O)[C@H]1[C@@H](OCOC)C(OC)N1COC. The molecule has 0 aromatic rings. The van der Waals surface area contributed by atoms with Gasteiger partial charge in [-0.1, -0.05) is 6.58 Å². The molecule has 0 bridgehead atoms. The molecule has 0 radical (unpaired) electrons. The van der Waals surface area contributed by atoms with E-state index >= 15 is 0 Å². The van der Waals surface area contributed by atoms with E-state index in [1.807, 2.05) is 4.90 Å². The maximum absolute atomic E-state index is 9.64. The third kappa shape index (κ3) is 5.00. The zero-order valence-electron chi connectivity index (χ0n) is 13.5. The second-order valence-corrected chi connectivity index (χ2v) is 5.43. The van der Waals surface area contributed by atoms with Crippen molar-refractivity contribution in [2.75, 3.05) is 41.5 Å². The van der Waals surface area contributed by atoms with E-state index < -0.39 is 5.79 Å². The van der Waals surface area contributed by atoms with Gasteiger partial charge < -0.3 is 28.8 Å². The summed E-state index contributed by atoms with van der Waals surface area (Å²) in [5, 5.41) is 9.64. The standard InChI is InChI=1S/C14H27NO6/c1-10(7-21-14(2,3)16)11-12(20-9-18-5)13(19-6)15(11)8-17-4/h11-13,16H,1,7-9H2,2-6H3/t11-,12+,13?/m0/s1. The summed E-state index contributed by atoms with van der Waals surface area (Å²) in [5.74, 6) is -1.21. The van der Waals surface area contributed by atoms with Crippen LogP contribution >= 0.6 is 0 Å². The molecule has 1 saturated heterocycles. The van der Waals surface area contributed by atoms with Crippen LogP contribution in [0.1, 0.15) is 13.8 Å². The van der Waals surface area contributed by atoms with Crippen LogP contribution in [0.4, 0.5) is 0 Å². The number of likely N-dealkylation sites (tertiary alicyclic amines) is 1. The molecule has 3 atom stereocenters. The summed E-state index contributed by atoms with van der Waals surface area (Å²) >= 11 is 0. The molecule has 1 fully saturated rings. The van der Waals surface area contributed by atoms with Crippen LogP contribution in [-0.2, 0) is 23.7 Å². The van der Waals surface area contributed by atoms with Crippen molar-refractivity contribution in [1.29, 1.82) is 0 Å². The topological polar surface area (TPSA) is 69.6 Å². The smallest absolute Gasteiger partial charge is 0.160 e. The predicted molar refractivity (Wildman–Crippen MR) is 76.4 cm³/mol. The lowest BCUT2D eigenvalue weighted by molar-refractivity contribution is -0.272. The van der Waals surface area contributed by atoms with Crippen molar-refractivity contribution in [3.63, 3.8) is 0 Å². The molecule has 7 nitrogen and oxygen atoms in total. The van der Waals surface area contributed by atoms with E-state index in [1.165, 1.54) is 0 Å². The molecule has 21 heavy (non-hydrogen) atoms. The molecule has 0 aliphatic carbocycles. The lowest BCUT2D eigenvalue weighted by Gasteiger charge is -2.53. The first-order valence-electron chi connectivity index (χ1n) is 6.77. The Hall–Kier alpha value is -0.540. The third-order valence-electron chi connectivity index (χ3n) is 3.20. The maximum Gasteiger partial charge on any atom is 0.160 e. The van der Waals surface area contributed by atoms with Crippen LogP contribution in [0.3, 0.4) is 0 Å². The van der Waals surface area contributed by atoms with Crippen molar-refractivity contribution in [3.05, 3.63) is 12.2 Å². The summed E-state index contributed by atoms with van der Waals surface area (Å²) in [6, 6.07) is -0.118. The molecule has 1 aliphatic heterocycles. The molecular weight excluding hydrogens is 278 g/mol. The van der Waals surface area contributed by atoms with Crippen molar-refractivity contribution in [3.8, 4) is 0 Å². The monoisotopic (exact) mass is 305 g/mol. The van der Waals surface area contributed by atoms with Crippen molar-refractivity contribution < 1.29 is 28.8 Å². The van der Waals surface area contributed by atoms with Gasteiger partial charge >= 0.3 is 0 Å². The second kappa shape index (κ2) is 8.19. The highest BCUT2D eigenvalue weighted by Gasteiger charge is 2.51. The van der Waals surface area contributed by atoms with E-state index in [4.69, 9.17) is 23.7 Å². The number of hydrogen-bond acceptors (Lipinski definition) is 7. The molecule has 0 spiro atoms. The highest BCUT2D eigenvalue weighted by molar-refractivity contribution is 5.17. The van der Waals surface area contributed by atoms with Crippen molar-refractivity contribution in [2.24, 2.45) is 0 Å². The van der Waals surface area contributed by atoms with Gasteiger partial charge in [-0.3, -0.25) is 0 Å². The molecule has 0 amide bonds. The van der Waals surface area contributed by atoms with E-state index in [-0.39, 0.29) is 31.8 Å². The van der Waals surface area contributed by atoms with Gasteiger partial charge in [0.25, 0.3) is 0 Å². The Balaban J connectivity index is 2.69. The summed E-state index contributed by atoms with van der Waals surface area (Å²) < 4.78 is 26.6. The second-order valence-electron chi connectivity index (χ2n) is 5.43. The first-order chi connectivity index (χ1) is 9.85. The molecule has 1 aliphatic rings. The van der Waals surface area contributed by atoms with Gasteiger partial charge in [-0.2, -0.15) is 0 Å². The summed E-state index contributed by atoms with van der Waals surface area (Å²) in [4.78, 5) is 1.97. The summed E-state index contributed by atoms with van der Waals surface area (Å²) in [5.41, 5.74) is 0.781. The molecule has 124 valence electrons. The third-order valence-corrected chi connectivity index (χ3v) is 3.20. The van der Waals surface area contributed by atoms with Crippen LogP contribution in [-0.4, -0.2) is 75.6 Å². The normalized spacial score (nSPS) is 26.7. The highest BCUT2D eigenvalue weighted by atomic mass is 16.7. The number of hydrogen-bond donors (Lipinski definition) is 1. The minimum Gasteiger partial charge on any atom is -0.369 e. The molecule has 1 rings (SSSR count). The minimum atomic E-state index is -1.21. The van der Waals surface area contributed by atoms with E-state index in [0.29, 0.717) is 6.73 Å². The number of ether oxygens (including phenoxy) is 5. The number of rotatable bonds is 10. The van der Waals surface area contributed by atoms with Crippen molar-refractivity contribution >= 4 is 0 Å². The van der Waals surface area contributed by atoms with Gasteiger partial charge in [0.15, 0.2) is 5.79 Å². The Morgan fingerprint density at radius 1 is 1.24 bits per heavy atom. The Morgan fingerprint density at radius 3 is 2.38 bits per heavy atom. The lowest BCUT2D eigenvalue weighted by Crippen LogP contribution is -2.70. The fraction of sp³-hybridized carbons (Fsp3) is 0.857. The summed E-state index contributed by atoms with van der Waals surface area (Å²) in [7, 11) is 4.79. The van der Waals surface area contributed by atoms with Gasteiger partial charge in [0.2, 0.25) is 0 Å². The zero-order valence-corrected chi connectivity index (χ0v) is 13.5. The van der Waals surface area contributed by atoms with E-state index in [0.717, 1.165) is 5.57 Å². The molecule has 7 heteroatoms. The van der Waals surface area contributed by atoms with Gasteiger partial charge in [0.05, 0.1) is 12.6 Å². The first-order valence-corrected chi connectivity index (χ1v) is 6.77. The fourth-order valence-electron chi connectivity index (χ4n) is 2.30. The highest BCUT2D eigenvalue weighted by Crippen LogP contribution is 2.34. The van der Waals surface area contributed by atoms with E-state index in [1.54, 1.807) is 35.2 Å². The van der Waals surface area contributed by atoms with Gasteiger partial charge in [-0.05, 0) is 19.4 Å². The van der Waals surface area contributed by atoms with Crippen molar-refractivity contribution in [2.45, 2.75) is 38.0 Å². The van der Waals surface area contributed by atoms with Crippen molar-refractivity contribution in [1.82, 2.24) is 4.90 Å². The van der Waals surface area contributed by atoms with Gasteiger partial charge in [0, 0.05) is 21.3 Å². The number of aliphatic hydroxyl groups is 1. The first kappa shape index (κ1) is 18.5. The Labute approximate surface area is 126 Å². The largest absolute Gasteiger partial charge is 0.369 e. The molecule has 0 aromatic carbocycles. The lowest BCUT2D eigenvalue weighted by atomic mass is 9.91. The molecule has 0 aromatic heterocycles. The van der Waals surface area contributed by atoms with Crippen LogP contribution in [0, 0.1) is 0 Å². The van der Waals surface area contributed by atoms with E-state index in [2.05, 4.69) is 6.58 Å². The molecule has 1 N–H and O–H groups in total. The molecule has 1 unspecified atom stereocenters. The Kier molecular flexibility index (Phi) is 7.22. The quantitative estimate of drug-likeness (QED) is 0.466. The zero-order chi connectivity index (χ0) is 16.0. The van der Waals surface area contributed by atoms with Gasteiger partial charge in [-0.25, -0.2) is 4.90 Å². The Morgan fingerprint density at radius 2 is 1.90 bits per heavy atom. The van der Waals surface area contributed by atoms with Crippen LogP contribution in [0.25, 0.3) is 0 Å². The summed E-state index contributed by atoms with van der Waals surface area (Å²) in [6.07, 6.45) is -0.452. The number of nitrogens with zero attached hydrogens (tertiary/aromatic N) is 1. The summed E-state index contributed by atoms with van der Waals surface area (Å²) in [6.45, 7) is 7.95. The van der Waals surface area contributed by atoms with Crippen LogP contribution in [0.5, 0.6) is 0 Å². The average molecular weight is 305 g/mol. The van der Waals surface area contributed by atoms with Gasteiger partial charge in [-0.15, -0.1) is 0 Å². The minimum absolute atomic E-state index is 0.118. The maximum atomic E-state index is 9.64. The van der Waals surface area contributed by atoms with Crippen LogP contribution in [0.2, 0.25) is 0 Å². The van der Waals surface area contributed by atoms with E-state index in [9.17, 15) is 5.11 Å². The Bertz CT molecular complexity index is 330. The van der Waals surface area contributed by atoms with Crippen LogP contribution < -0.4 is 0 Å². The molecular formula is C14H27NO6.